The molecule has 1 aliphatic heterocycles. The summed E-state index contributed by atoms with van der Waals surface area (Å²) in [7, 11) is -3.61. The Bertz CT molecular complexity index is 841. The predicted octanol–water partition coefficient (Wildman–Crippen LogP) is 3.15. The highest BCUT2D eigenvalue weighted by atomic mass is 32.2. The monoisotopic (exact) mass is 388 g/mol. The van der Waals surface area contributed by atoms with Crippen molar-refractivity contribution in [2.45, 2.75) is 31.6 Å². The van der Waals surface area contributed by atoms with E-state index in [4.69, 9.17) is 0 Å². The van der Waals surface area contributed by atoms with Crippen LogP contribution in [-0.4, -0.2) is 51.0 Å². The molecule has 0 saturated carbocycles. The molecule has 146 valence electrons. The van der Waals surface area contributed by atoms with Crippen molar-refractivity contribution >= 4 is 21.5 Å². The molecule has 1 aromatic heterocycles. The van der Waals surface area contributed by atoms with E-state index in [1.807, 2.05) is 18.2 Å². The maximum absolute atomic E-state index is 12.6. The summed E-state index contributed by atoms with van der Waals surface area (Å²) in [5.74, 6) is 1.25. The summed E-state index contributed by atoms with van der Waals surface area (Å²) in [6, 6.07) is 10.7. The average Bonchev–Trinajstić information content (AvgIpc) is 2.68. The molecule has 6 nitrogen and oxygen atoms in total. The van der Waals surface area contributed by atoms with Gasteiger partial charge in [0.25, 0.3) is 10.0 Å². The van der Waals surface area contributed by atoms with Crippen molar-refractivity contribution in [1.29, 1.82) is 0 Å². The van der Waals surface area contributed by atoms with Crippen LogP contribution < -0.4 is 9.62 Å². The standard InChI is InChI=1S/C20H28N4O2S/c1-4-23-11-13-24(14-12-23)20-10-7-18(15-21-20)22-27(25,26)19-8-5-17(6-9-19)16(2)3/h5-10,15-16,22H,4,11-14H2,1-3H3. The van der Waals surface area contributed by atoms with Crippen LogP contribution in [0, 0.1) is 0 Å². The SMILES string of the molecule is CCN1CCN(c2ccc(NS(=O)(=O)c3ccc(C(C)C)cc3)cn2)CC1. The normalized spacial score (nSPS) is 15.9. The molecule has 7 heteroatoms. The molecule has 3 rings (SSSR count). The fourth-order valence-electron chi connectivity index (χ4n) is 3.17. The molecule has 1 aliphatic rings. The van der Waals surface area contributed by atoms with Gasteiger partial charge in [-0.2, -0.15) is 0 Å². The zero-order chi connectivity index (χ0) is 19.4. The highest BCUT2D eigenvalue weighted by Gasteiger charge is 2.18. The number of nitrogens with zero attached hydrogens (tertiary/aromatic N) is 3. The minimum atomic E-state index is -3.61. The zero-order valence-corrected chi connectivity index (χ0v) is 17.0. The smallest absolute Gasteiger partial charge is 0.261 e. The van der Waals surface area contributed by atoms with E-state index in [1.54, 1.807) is 24.4 Å². The molecule has 0 atom stereocenters. The van der Waals surface area contributed by atoms with Crippen molar-refractivity contribution in [3.05, 3.63) is 48.2 Å². The number of likely N-dealkylation sites (N-methyl/N-ethyl adjacent to an activating group) is 1. The van der Waals surface area contributed by atoms with Gasteiger partial charge < -0.3 is 9.80 Å². The van der Waals surface area contributed by atoms with Gasteiger partial charge in [-0.25, -0.2) is 13.4 Å². The largest absolute Gasteiger partial charge is 0.354 e. The van der Waals surface area contributed by atoms with Crippen LogP contribution in [0.1, 0.15) is 32.3 Å². The van der Waals surface area contributed by atoms with Crippen LogP contribution in [0.4, 0.5) is 11.5 Å². The Morgan fingerprint density at radius 1 is 1.04 bits per heavy atom. The lowest BCUT2D eigenvalue weighted by Crippen LogP contribution is -2.46. The van der Waals surface area contributed by atoms with Gasteiger partial charge >= 0.3 is 0 Å². The van der Waals surface area contributed by atoms with Gasteiger partial charge in [-0.3, -0.25) is 4.72 Å². The lowest BCUT2D eigenvalue weighted by atomic mass is 10.0. The molecule has 1 aromatic carbocycles. The van der Waals surface area contributed by atoms with Crippen LogP contribution in [0.15, 0.2) is 47.5 Å². The summed E-state index contributed by atoms with van der Waals surface area (Å²) < 4.78 is 27.8. The van der Waals surface area contributed by atoms with Gasteiger partial charge in [0.1, 0.15) is 5.82 Å². The second-order valence-electron chi connectivity index (χ2n) is 7.16. The van der Waals surface area contributed by atoms with E-state index in [0.717, 1.165) is 44.1 Å². The van der Waals surface area contributed by atoms with Crippen LogP contribution in [0.3, 0.4) is 0 Å². The van der Waals surface area contributed by atoms with Crippen molar-refractivity contribution in [3.8, 4) is 0 Å². The third-order valence-electron chi connectivity index (χ3n) is 5.00. The van der Waals surface area contributed by atoms with E-state index in [1.165, 1.54) is 0 Å². The van der Waals surface area contributed by atoms with E-state index in [0.29, 0.717) is 11.6 Å². The molecule has 0 unspecified atom stereocenters. The summed E-state index contributed by atoms with van der Waals surface area (Å²) in [4.78, 5) is 9.34. The molecule has 0 bridgehead atoms. The Balaban J connectivity index is 1.66. The minimum Gasteiger partial charge on any atom is -0.354 e. The van der Waals surface area contributed by atoms with E-state index < -0.39 is 10.0 Å². The molecule has 2 heterocycles. The fraction of sp³-hybridized carbons (Fsp3) is 0.450. The molecule has 1 saturated heterocycles. The third-order valence-corrected chi connectivity index (χ3v) is 6.40. The molecular weight excluding hydrogens is 360 g/mol. The Hall–Kier alpha value is -2.12. The fourth-order valence-corrected chi connectivity index (χ4v) is 4.22. The number of sulfonamides is 1. The molecular formula is C20H28N4O2S. The Labute approximate surface area is 162 Å². The van der Waals surface area contributed by atoms with E-state index >= 15 is 0 Å². The first-order valence-corrected chi connectivity index (χ1v) is 10.9. The summed E-state index contributed by atoms with van der Waals surface area (Å²) in [5.41, 5.74) is 1.59. The van der Waals surface area contributed by atoms with Crippen LogP contribution >= 0.6 is 0 Å². The van der Waals surface area contributed by atoms with Crippen LogP contribution in [0.5, 0.6) is 0 Å². The molecule has 27 heavy (non-hydrogen) atoms. The van der Waals surface area contributed by atoms with Gasteiger partial charge in [0.15, 0.2) is 0 Å². The average molecular weight is 389 g/mol. The van der Waals surface area contributed by atoms with Crippen molar-refractivity contribution in [1.82, 2.24) is 9.88 Å². The van der Waals surface area contributed by atoms with Gasteiger partial charge in [0.05, 0.1) is 16.8 Å². The number of anilines is 2. The molecule has 1 fully saturated rings. The first kappa shape index (κ1) is 19.6. The van der Waals surface area contributed by atoms with Gasteiger partial charge in [0.2, 0.25) is 0 Å². The van der Waals surface area contributed by atoms with Crippen molar-refractivity contribution in [3.63, 3.8) is 0 Å². The second kappa shape index (κ2) is 8.27. The van der Waals surface area contributed by atoms with E-state index in [2.05, 4.69) is 40.3 Å². The lowest BCUT2D eigenvalue weighted by molar-refractivity contribution is 0.270. The van der Waals surface area contributed by atoms with Crippen molar-refractivity contribution in [2.75, 3.05) is 42.3 Å². The maximum Gasteiger partial charge on any atom is 0.261 e. The van der Waals surface area contributed by atoms with Crippen LogP contribution in [0.25, 0.3) is 0 Å². The summed E-state index contributed by atoms with van der Waals surface area (Å²) >= 11 is 0. The van der Waals surface area contributed by atoms with Gasteiger partial charge in [-0.15, -0.1) is 0 Å². The molecule has 0 spiro atoms. The highest BCUT2D eigenvalue weighted by Crippen LogP contribution is 2.21. The topological polar surface area (TPSA) is 65.5 Å². The summed E-state index contributed by atoms with van der Waals surface area (Å²) in [6.45, 7) is 11.3. The Morgan fingerprint density at radius 2 is 1.70 bits per heavy atom. The van der Waals surface area contributed by atoms with Gasteiger partial charge in [-0.1, -0.05) is 32.9 Å². The number of piperazine rings is 1. The molecule has 0 radical (unpaired) electrons. The first-order chi connectivity index (χ1) is 12.9. The second-order valence-corrected chi connectivity index (χ2v) is 8.84. The van der Waals surface area contributed by atoms with Crippen molar-refractivity contribution in [2.24, 2.45) is 0 Å². The Morgan fingerprint density at radius 3 is 2.22 bits per heavy atom. The number of pyridine rings is 1. The Kier molecular flexibility index (Phi) is 6.01. The number of aromatic nitrogens is 1. The van der Waals surface area contributed by atoms with Crippen molar-refractivity contribution < 1.29 is 8.42 Å². The number of benzene rings is 1. The summed E-state index contributed by atoms with van der Waals surface area (Å²) in [5, 5.41) is 0. The van der Waals surface area contributed by atoms with Gasteiger partial charge in [-0.05, 0) is 42.3 Å². The third kappa shape index (κ3) is 4.78. The number of rotatable bonds is 6. The number of hydrogen-bond acceptors (Lipinski definition) is 5. The molecule has 2 aromatic rings. The van der Waals surface area contributed by atoms with Crippen LogP contribution in [0.2, 0.25) is 0 Å². The zero-order valence-electron chi connectivity index (χ0n) is 16.2. The quantitative estimate of drug-likeness (QED) is 0.823. The number of nitrogens with one attached hydrogen (secondary N) is 1. The molecule has 0 aliphatic carbocycles. The molecule has 0 amide bonds. The van der Waals surface area contributed by atoms with Gasteiger partial charge in [0, 0.05) is 26.2 Å². The minimum absolute atomic E-state index is 0.256. The lowest BCUT2D eigenvalue weighted by Gasteiger charge is -2.34. The van der Waals surface area contributed by atoms with Crippen LogP contribution in [-0.2, 0) is 10.0 Å². The maximum atomic E-state index is 12.6. The predicted molar refractivity (Wildman–Crippen MR) is 110 cm³/mol. The highest BCUT2D eigenvalue weighted by molar-refractivity contribution is 7.92. The first-order valence-electron chi connectivity index (χ1n) is 9.45. The van der Waals surface area contributed by atoms with E-state index in [9.17, 15) is 8.42 Å². The number of hydrogen-bond donors (Lipinski definition) is 1. The van der Waals surface area contributed by atoms with E-state index in [-0.39, 0.29) is 4.90 Å². The summed E-state index contributed by atoms with van der Waals surface area (Å²) in [6.07, 6.45) is 1.58. The molecule has 1 N–H and O–H groups in total.